The Balaban J connectivity index is 5.34. The molecule has 0 rings (SSSR count). The molecule has 0 aliphatic rings. The zero-order valence-corrected chi connectivity index (χ0v) is 11.9. The van der Waals surface area contributed by atoms with Crippen LogP contribution in [0.2, 0.25) is 6.55 Å². The average molecular weight is 288 g/mol. The maximum Gasteiger partial charge on any atom is 0.373 e. The first-order chi connectivity index (χ1) is 6.92. The lowest BCUT2D eigenvalue weighted by Gasteiger charge is -2.35. The normalized spacial score (nSPS) is 18.6. The molecule has 98 valence electrons. The molecule has 0 amide bonds. The van der Waals surface area contributed by atoms with E-state index in [4.69, 9.17) is 0 Å². The lowest BCUT2D eigenvalue weighted by atomic mass is 10.1. The lowest BCUT2D eigenvalue weighted by Crippen LogP contribution is -2.63. The summed E-state index contributed by atoms with van der Waals surface area (Å²) in [5.41, 5.74) is -5.00. The quantitative estimate of drug-likeness (QED) is 0.549. The first-order valence-electron chi connectivity index (χ1n) is 4.23. The molecule has 0 spiro atoms. The Morgan fingerprint density at radius 1 is 1.12 bits per heavy atom. The van der Waals surface area contributed by atoms with E-state index < -0.39 is 32.6 Å². The van der Waals surface area contributed by atoms with E-state index >= 15 is 0 Å². The zero-order chi connectivity index (χ0) is 13.4. The van der Waals surface area contributed by atoms with Crippen LogP contribution in [0.3, 0.4) is 0 Å². The molecule has 0 saturated carbocycles. The van der Waals surface area contributed by atoms with Gasteiger partial charge in [0.15, 0.2) is 6.17 Å². The molecule has 0 radical (unpaired) electrons. The third-order valence-corrected chi connectivity index (χ3v) is 6.41. The second-order valence-corrected chi connectivity index (χ2v) is 7.21. The minimum absolute atomic E-state index is 0.109. The van der Waals surface area contributed by atoms with Crippen LogP contribution < -0.4 is 0 Å². The van der Waals surface area contributed by atoms with Gasteiger partial charge in [-0.25, -0.2) is 13.2 Å². The molecule has 0 aliphatic heterocycles. The van der Waals surface area contributed by atoms with Crippen molar-refractivity contribution in [3.8, 4) is 0 Å². The molecular weight excluding hydrogens is 277 g/mol. The van der Waals surface area contributed by atoms with Gasteiger partial charge < -0.3 is 4.12 Å². The average Bonchev–Trinajstić information content (AvgIpc) is 2.15. The van der Waals surface area contributed by atoms with Crippen molar-refractivity contribution < 1.29 is 34.8 Å². The number of hydrogen-bond acceptors (Lipinski definition) is 1. The molecule has 0 heterocycles. The van der Waals surface area contributed by atoms with Gasteiger partial charge in [-0.1, -0.05) is 0 Å². The Kier molecular flexibility index (Phi) is 4.62. The van der Waals surface area contributed by atoms with Gasteiger partial charge >= 0.3 is 17.4 Å². The first kappa shape index (κ1) is 15.9. The third kappa shape index (κ3) is 2.27. The summed E-state index contributed by atoms with van der Waals surface area (Å²) in [5, 5.41) is 0. The fourth-order valence-electron chi connectivity index (χ4n) is 0.875. The summed E-state index contributed by atoms with van der Waals surface area (Å²) >= 11 is 0. The number of alkyl halides is 7. The van der Waals surface area contributed by atoms with Crippen LogP contribution >= 0.6 is 0 Å². The molecule has 0 saturated heterocycles. The number of halogens is 7. The highest BCUT2D eigenvalue weighted by atomic mass is 28.3. The smallest absolute Gasteiger partial charge is 0.373 e. The predicted octanol–water partition coefficient (Wildman–Crippen LogP) is 1.44. The van der Waals surface area contributed by atoms with E-state index in [2.05, 4.69) is 4.12 Å². The van der Waals surface area contributed by atoms with E-state index in [1.165, 1.54) is 0 Å². The summed E-state index contributed by atoms with van der Waals surface area (Å²) in [6.07, 6.45) is -3.37. The summed E-state index contributed by atoms with van der Waals surface area (Å²) in [4.78, 5) is 0. The largest absolute Gasteiger partial charge is 0.462 e. The van der Waals surface area contributed by atoms with E-state index in [9.17, 15) is 30.7 Å². The van der Waals surface area contributed by atoms with Crippen LogP contribution in [-0.4, -0.2) is 43.1 Å². The highest BCUT2D eigenvalue weighted by Gasteiger charge is 2.75. The van der Waals surface area contributed by atoms with Crippen LogP contribution in [-0.2, 0) is 4.12 Å². The molecular formula is C6H11F7OSi2. The Bertz CT molecular complexity index is 245. The van der Waals surface area contributed by atoms with Gasteiger partial charge in [0.05, 0.1) is 0 Å². The Morgan fingerprint density at radius 3 is 1.75 bits per heavy atom. The number of hydrogen-bond donors (Lipinski definition) is 0. The predicted molar refractivity (Wildman–Crippen MR) is 49.4 cm³/mol. The van der Waals surface area contributed by atoms with E-state index in [0.717, 1.165) is 0 Å². The van der Waals surface area contributed by atoms with E-state index in [1.807, 2.05) is 0 Å². The fraction of sp³-hybridized carbons (Fsp3) is 1.00. The molecule has 0 aromatic rings. The zero-order valence-electron chi connectivity index (χ0n) is 8.71. The third-order valence-electron chi connectivity index (χ3n) is 2.20. The molecule has 10 heteroatoms. The van der Waals surface area contributed by atoms with E-state index in [-0.39, 0.29) is 17.4 Å². The molecule has 2 unspecified atom stereocenters. The van der Waals surface area contributed by atoms with Crippen LogP contribution in [0.25, 0.3) is 0 Å². The molecule has 16 heavy (non-hydrogen) atoms. The monoisotopic (exact) mass is 288 g/mol. The molecule has 0 aromatic heterocycles. The van der Waals surface area contributed by atoms with Crippen LogP contribution in [0.5, 0.6) is 0 Å². The van der Waals surface area contributed by atoms with Crippen molar-refractivity contribution in [2.45, 2.75) is 37.0 Å². The van der Waals surface area contributed by atoms with Crippen molar-refractivity contribution in [3.63, 3.8) is 0 Å². The second kappa shape index (κ2) is 4.65. The molecule has 0 aliphatic carbocycles. The van der Waals surface area contributed by atoms with Crippen LogP contribution in [0.15, 0.2) is 0 Å². The van der Waals surface area contributed by atoms with Crippen molar-refractivity contribution in [1.29, 1.82) is 0 Å². The van der Waals surface area contributed by atoms with Gasteiger partial charge in [-0.2, -0.15) is 17.6 Å². The van der Waals surface area contributed by atoms with Gasteiger partial charge in [0.2, 0.25) is 9.04 Å². The molecule has 0 bridgehead atoms. The Labute approximate surface area is 92.2 Å². The minimum Gasteiger partial charge on any atom is -0.462 e. The van der Waals surface area contributed by atoms with Crippen molar-refractivity contribution >= 4 is 19.5 Å². The molecule has 1 nitrogen and oxygen atoms in total. The first-order valence-corrected chi connectivity index (χ1v) is 7.25. The maximum atomic E-state index is 13.0. The standard InChI is InChI=1S/C6H11F7OSi2/c1-3(7)4(8,9)5(10,11)6(12,13)16(2)14-15/h3,16H,1-2,15H3. The van der Waals surface area contributed by atoms with Crippen molar-refractivity contribution in [3.05, 3.63) is 0 Å². The Morgan fingerprint density at radius 2 is 1.50 bits per heavy atom. The van der Waals surface area contributed by atoms with Gasteiger partial charge in [0.1, 0.15) is 10.5 Å². The van der Waals surface area contributed by atoms with E-state index in [0.29, 0.717) is 6.55 Å². The highest BCUT2D eigenvalue weighted by molar-refractivity contribution is 6.57. The summed E-state index contributed by atoms with van der Waals surface area (Å²) in [5.74, 6) is -11.2. The van der Waals surface area contributed by atoms with E-state index in [1.54, 1.807) is 0 Å². The number of rotatable bonds is 5. The summed E-state index contributed by atoms with van der Waals surface area (Å²) in [6.45, 7) is 0.775. The van der Waals surface area contributed by atoms with Gasteiger partial charge in [-0.15, -0.1) is 0 Å². The maximum absolute atomic E-state index is 13.0. The van der Waals surface area contributed by atoms with Crippen LogP contribution in [0, 0.1) is 0 Å². The van der Waals surface area contributed by atoms with Gasteiger partial charge in [-0.3, -0.25) is 0 Å². The lowest BCUT2D eigenvalue weighted by molar-refractivity contribution is -0.300. The van der Waals surface area contributed by atoms with Gasteiger partial charge in [0.25, 0.3) is 0 Å². The van der Waals surface area contributed by atoms with Gasteiger partial charge in [-0.05, 0) is 13.5 Å². The minimum atomic E-state index is -5.75. The molecule has 0 fully saturated rings. The molecule has 0 aromatic carbocycles. The SMILES string of the molecule is CC(F)C(F)(F)C(F)(F)C(F)(F)[SiH](C)O[SiH3]. The highest BCUT2D eigenvalue weighted by Crippen LogP contribution is 2.49. The summed E-state index contributed by atoms with van der Waals surface area (Å²) in [6, 6.07) is 0. The molecule has 2 atom stereocenters. The van der Waals surface area contributed by atoms with Crippen LogP contribution in [0.1, 0.15) is 6.92 Å². The van der Waals surface area contributed by atoms with Crippen LogP contribution in [0.4, 0.5) is 30.7 Å². The summed E-state index contributed by atoms with van der Waals surface area (Å²) in [7, 11) is -4.09. The van der Waals surface area contributed by atoms with Crippen molar-refractivity contribution in [2.24, 2.45) is 0 Å². The van der Waals surface area contributed by atoms with Gasteiger partial charge in [0, 0.05) is 0 Å². The van der Waals surface area contributed by atoms with Crippen molar-refractivity contribution in [1.82, 2.24) is 0 Å². The van der Waals surface area contributed by atoms with Crippen molar-refractivity contribution in [2.75, 3.05) is 0 Å². The fourth-order valence-corrected chi connectivity index (χ4v) is 2.76. The summed E-state index contributed by atoms with van der Waals surface area (Å²) < 4.78 is 93.7. The molecule has 0 N–H and O–H groups in total. The Hall–Kier alpha value is -0.0962. The second-order valence-electron chi connectivity index (χ2n) is 3.31. The topological polar surface area (TPSA) is 9.23 Å².